The van der Waals surface area contributed by atoms with Crippen molar-refractivity contribution in [3.05, 3.63) is 32.9 Å². The molecule has 0 amide bonds. The maximum Gasteiger partial charge on any atom is 0.330 e. The Hall–Kier alpha value is -0.950. The van der Waals surface area contributed by atoms with Gasteiger partial charge in [0.2, 0.25) is 5.82 Å². The molecular formula is C8H8BrFN2O3. The van der Waals surface area contributed by atoms with Crippen LogP contribution in [0.3, 0.4) is 0 Å². The zero-order valence-electron chi connectivity index (χ0n) is 7.57. The number of aromatic nitrogens is 2. The largest absolute Gasteiger partial charge is 0.356 e. The smallest absolute Gasteiger partial charge is 0.330 e. The molecule has 0 saturated carbocycles. The summed E-state index contributed by atoms with van der Waals surface area (Å²) in [5.41, 5.74) is -1.63. The van der Waals surface area contributed by atoms with E-state index >= 15 is 0 Å². The summed E-state index contributed by atoms with van der Waals surface area (Å²) < 4.78 is 18.9. The van der Waals surface area contributed by atoms with Gasteiger partial charge in [-0.05, 0) is 6.42 Å². The van der Waals surface area contributed by atoms with Gasteiger partial charge in [-0.1, -0.05) is 15.9 Å². The summed E-state index contributed by atoms with van der Waals surface area (Å²) in [6.07, 6.45) is 0.684. The van der Waals surface area contributed by atoms with Crippen molar-refractivity contribution in [1.82, 2.24) is 9.55 Å². The molecule has 0 radical (unpaired) electrons. The lowest BCUT2D eigenvalue weighted by atomic mass is 10.3. The van der Waals surface area contributed by atoms with Crippen LogP contribution in [0.1, 0.15) is 12.6 Å². The minimum atomic E-state index is -0.996. The van der Waals surface area contributed by atoms with Gasteiger partial charge in [0.05, 0.1) is 11.4 Å². The van der Waals surface area contributed by atoms with Gasteiger partial charge >= 0.3 is 5.69 Å². The number of alkyl halides is 1. The fourth-order valence-electron chi connectivity index (χ4n) is 1.48. The van der Waals surface area contributed by atoms with E-state index in [1.807, 2.05) is 0 Å². The number of rotatable bonds is 1. The molecule has 1 aliphatic rings. The molecule has 1 aromatic rings. The third-order valence-electron chi connectivity index (χ3n) is 2.21. The number of nitrogens with one attached hydrogen (secondary N) is 1. The molecule has 2 atom stereocenters. The maximum absolute atomic E-state index is 13.0. The summed E-state index contributed by atoms with van der Waals surface area (Å²) in [6.45, 7) is 0.434. The van der Waals surface area contributed by atoms with E-state index in [1.165, 1.54) is 0 Å². The van der Waals surface area contributed by atoms with Crippen LogP contribution in [0.4, 0.5) is 4.39 Å². The number of nitrogens with zero attached hydrogens (tertiary/aromatic N) is 1. The van der Waals surface area contributed by atoms with Gasteiger partial charge < -0.3 is 9.72 Å². The van der Waals surface area contributed by atoms with Crippen molar-refractivity contribution in [1.29, 1.82) is 0 Å². The Bertz CT molecular complexity index is 484. The standard InChI is InChI=1S/C8H8BrFN2O3/c9-4-1-2-15-7(4)12-6(13)5(10)3-11-8(12)14/h3-4,7H,1-2H2,(H,11,14). The molecule has 1 fully saturated rings. The van der Waals surface area contributed by atoms with Gasteiger partial charge in [0.1, 0.15) is 0 Å². The first-order valence-corrected chi connectivity index (χ1v) is 5.28. The van der Waals surface area contributed by atoms with Crippen molar-refractivity contribution in [2.24, 2.45) is 0 Å². The lowest BCUT2D eigenvalue weighted by molar-refractivity contribution is 0.0523. The fourth-order valence-corrected chi connectivity index (χ4v) is 2.06. The van der Waals surface area contributed by atoms with Gasteiger partial charge in [-0.25, -0.2) is 9.36 Å². The third kappa shape index (κ3) is 1.76. The number of aromatic amines is 1. The Morgan fingerprint density at radius 2 is 2.33 bits per heavy atom. The normalized spacial score (nSPS) is 25.7. The van der Waals surface area contributed by atoms with Crippen LogP contribution in [-0.4, -0.2) is 21.0 Å². The molecule has 0 bridgehead atoms. The van der Waals surface area contributed by atoms with Crippen LogP contribution in [0.5, 0.6) is 0 Å². The van der Waals surface area contributed by atoms with E-state index in [4.69, 9.17) is 4.74 Å². The van der Waals surface area contributed by atoms with Crippen molar-refractivity contribution in [2.45, 2.75) is 17.5 Å². The Morgan fingerprint density at radius 3 is 2.93 bits per heavy atom. The lowest BCUT2D eigenvalue weighted by Gasteiger charge is -2.14. The Morgan fingerprint density at radius 1 is 1.60 bits per heavy atom. The van der Waals surface area contributed by atoms with E-state index in [1.54, 1.807) is 0 Å². The Balaban J connectivity index is 2.57. The molecule has 1 aliphatic heterocycles. The maximum atomic E-state index is 13.0. The Labute approximate surface area is 92.0 Å². The molecule has 2 unspecified atom stereocenters. The number of hydrogen-bond donors (Lipinski definition) is 1. The van der Waals surface area contributed by atoms with Gasteiger partial charge in [-0.2, -0.15) is 4.39 Å². The zero-order chi connectivity index (χ0) is 11.0. The highest BCUT2D eigenvalue weighted by molar-refractivity contribution is 9.09. The first-order valence-electron chi connectivity index (χ1n) is 4.36. The average molecular weight is 279 g/mol. The van der Waals surface area contributed by atoms with Gasteiger partial charge in [0.15, 0.2) is 6.23 Å². The first-order chi connectivity index (χ1) is 7.11. The monoisotopic (exact) mass is 278 g/mol. The van der Waals surface area contributed by atoms with E-state index in [0.717, 1.165) is 10.8 Å². The highest BCUT2D eigenvalue weighted by atomic mass is 79.9. The summed E-state index contributed by atoms with van der Waals surface area (Å²) in [6, 6.07) is 0. The molecule has 5 nitrogen and oxygen atoms in total. The molecule has 0 aliphatic carbocycles. The highest BCUT2D eigenvalue weighted by Crippen LogP contribution is 2.27. The van der Waals surface area contributed by atoms with E-state index < -0.39 is 23.3 Å². The SMILES string of the molecule is O=c1[nH]cc(F)c(=O)n1C1OCCC1Br. The number of H-pyrrole nitrogens is 1. The molecule has 82 valence electrons. The molecule has 15 heavy (non-hydrogen) atoms. The predicted molar refractivity (Wildman–Crippen MR) is 53.6 cm³/mol. The molecule has 2 heterocycles. The molecule has 1 N–H and O–H groups in total. The van der Waals surface area contributed by atoms with Crippen molar-refractivity contribution in [3.8, 4) is 0 Å². The molecule has 0 aromatic carbocycles. The second-order valence-electron chi connectivity index (χ2n) is 3.18. The summed E-state index contributed by atoms with van der Waals surface area (Å²) in [7, 11) is 0. The second-order valence-corrected chi connectivity index (χ2v) is 4.36. The number of hydrogen-bond acceptors (Lipinski definition) is 3. The summed E-state index contributed by atoms with van der Waals surface area (Å²) >= 11 is 3.27. The topological polar surface area (TPSA) is 64.1 Å². The predicted octanol–water partition coefficient (Wildman–Crippen LogP) is 0.358. The van der Waals surface area contributed by atoms with Gasteiger partial charge in [0, 0.05) is 6.20 Å². The quantitative estimate of drug-likeness (QED) is 0.755. The van der Waals surface area contributed by atoms with Crippen LogP contribution in [0.2, 0.25) is 0 Å². The molecule has 2 rings (SSSR count). The highest BCUT2D eigenvalue weighted by Gasteiger charge is 2.30. The van der Waals surface area contributed by atoms with E-state index in [9.17, 15) is 14.0 Å². The Kier molecular flexibility index (Phi) is 2.74. The molecule has 1 saturated heterocycles. The van der Waals surface area contributed by atoms with Crippen molar-refractivity contribution in [3.63, 3.8) is 0 Å². The molecule has 0 spiro atoms. The van der Waals surface area contributed by atoms with Crippen LogP contribution in [0.25, 0.3) is 0 Å². The summed E-state index contributed by atoms with van der Waals surface area (Å²) in [5, 5.41) is 0. The van der Waals surface area contributed by atoms with E-state index in [2.05, 4.69) is 20.9 Å². The van der Waals surface area contributed by atoms with E-state index in [-0.39, 0.29) is 4.83 Å². The van der Waals surface area contributed by atoms with Crippen molar-refractivity contribution in [2.75, 3.05) is 6.61 Å². The number of ether oxygens (including phenoxy) is 1. The average Bonchev–Trinajstić information content (AvgIpc) is 2.60. The van der Waals surface area contributed by atoms with Gasteiger partial charge in [-0.15, -0.1) is 0 Å². The van der Waals surface area contributed by atoms with E-state index in [0.29, 0.717) is 13.0 Å². The first kappa shape index (κ1) is 10.6. The molecule has 1 aromatic heterocycles. The van der Waals surface area contributed by atoms with Crippen molar-refractivity contribution >= 4 is 15.9 Å². The van der Waals surface area contributed by atoms with Gasteiger partial charge in [0.25, 0.3) is 5.56 Å². The summed E-state index contributed by atoms with van der Waals surface area (Å²) in [5.74, 6) is -0.996. The number of halogens is 2. The van der Waals surface area contributed by atoms with Crippen LogP contribution in [0, 0.1) is 5.82 Å². The molecule has 7 heteroatoms. The van der Waals surface area contributed by atoms with Crippen molar-refractivity contribution < 1.29 is 9.13 Å². The molecular weight excluding hydrogens is 271 g/mol. The van der Waals surface area contributed by atoms with Gasteiger partial charge in [-0.3, -0.25) is 4.79 Å². The summed E-state index contributed by atoms with van der Waals surface area (Å²) in [4.78, 5) is 24.7. The fraction of sp³-hybridized carbons (Fsp3) is 0.500. The third-order valence-corrected chi connectivity index (χ3v) is 3.12. The lowest BCUT2D eigenvalue weighted by Crippen LogP contribution is -2.41. The zero-order valence-corrected chi connectivity index (χ0v) is 9.16. The second kappa shape index (κ2) is 3.90. The minimum Gasteiger partial charge on any atom is -0.356 e. The van der Waals surface area contributed by atoms with Crippen LogP contribution < -0.4 is 11.2 Å². The minimum absolute atomic E-state index is 0.155. The van der Waals surface area contributed by atoms with Crippen LogP contribution in [-0.2, 0) is 4.74 Å². The van der Waals surface area contributed by atoms with Crippen LogP contribution >= 0.6 is 15.9 Å². The van der Waals surface area contributed by atoms with Crippen LogP contribution in [0.15, 0.2) is 15.8 Å².